The number of carbonyl (C=O) groups is 1. The van der Waals surface area contributed by atoms with Gasteiger partial charge in [0, 0.05) is 19.0 Å². The molecule has 0 saturated carbocycles. The lowest BCUT2D eigenvalue weighted by molar-refractivity contribution is 0.0808. The van der Waals surface area contributed by atoms with Crippen LogP contribution < -0.4 is 5.73 Å². The van der Waals surface area contributed by atoms with Crippen LogP contribution in [0.5, 0.6) is 0 Å². The van der Waals surface area contributed by atoms with Crippen molar-refractivity contribution in [2.45, 2.75) is 20.8 Å². The van der Waals surface area contributed by atoms with E-state index in [1.807, 2.05) is 20.8 Å². The molecule has 6 heteroatoms. The zero-order chi connectivity index (χ0) is 13.4. The van der Waals surface area contributed by atoms with Crippen LogP contribution in [-0.4, -0.2) is 34.6 Å². The Morgan fingerprint density at radius 1 is 1.39 bits per heavy atom. The summed E-state index contributed by atoms with van der Waals surface area (Å²) in [6, 6.07) is 0. The molecule has 0 saturated heterocycles. The Labute approximate surface area is 110 Å². The maximum atomic E-state index is 12.2. The number of thiophene rings is 1. The predicted molar refractivity (Wildman–Crippen MR) is 73.9 cm³/mol. The van der Waals surface area contributed by atoms with Crippen molar-refractivity contribution in [1.82, 2.24) is 15.1 Å². The number of aryl methyl sites for hydroxylation is 2. The van der Waals surface area contributed by atoms with Crippen molar-refractivity contribution in [3.05, 3.63) is 16.1 Å². The largest absolute Gasteiger partial charge is 0.397 e. The van der Waals surface area contributed by atoms with Gasteiger partial charge in [-0.3, -0.25) is 4.79 Å². The standard InChI is InChI=1S/C12H16N4OS/c1-5-16(4)12(17)10-9(13)8-6(2)7(3)14-15-11(8)18-10/h5,13H2,1-4H3. The van der Waals surface area contributed by atoms with E-state index >= 15 is 0 Å². The second-order valence-electron chi connectivity index (χ2n) is 4.25. The molecule has 0 radical (unpaired) electrons. The Bertz CT molecular complexity index is 620. The Balaban J connectivity index is 2.65. The van der Waals surface area contributed by atoms with Gasteiger partial charge in [-0.25, -0.2) is 0 Å². The van der Waals surface area contributed by atoms with E-state index in [9.17, 15) is 4.79 Å². The van der Waals surface area contributed by atoms with Crippen molar-refractivity contribution in [1.29, 1.82) is 0 Å². The zero-order valence-corrected chi connectivity index (χ0v) is 11.8. The van der Waals surface area contributed by atoms with E-state index in [1.165, 1.54) is 11.3 Å². The van der Waals surface area contributed by atoms with Gasteiger partial charge in [-0.1, -0.05) is 0 Å². The SMILES string of the molecule is CCN(C)C(=O)c1sc2nnc(C)c(C)c2c1N. The van der Waals surface area contributed by atoms with Crippen molar-refractivity contribution in [3.63, 3.8) is 0 Å². The molecule has 0 bridgehead atoms. The van der Waals surface area contributed by atoms with Gasteiger partial charge in [0.1, 0.15) is 9.71 Å². The van der Waals surface area contributed by atoms with Gasteiger partial charge in [0.15, 0.2) is 0 Å². The number of nitrogen functional groups attached to an aromatic ring is 1. The van der Waals surface area contributed by atoms with Gasteiger partial charge in [0.25, 0.3) is 5.91 Å². The fourth-order valence-electron chi connectivity index (χ4n) is 1.72. The third-order valence-electron chi connectivity index (χ3n) is 3.15. The Kier molecular flexibility index (Phi) is 3.21. The number of rotatable bonds is 2. The van der Waals surface area contributed by atoms with E-state index in [0.29, 0.717) is 17.1 Å². The van der Waals surface area contributed by atoms with Gasteiger partial charge in [0.2, 0.25) is 0 Å². The maximum absolute atomic E-state index is 12.2. The molecular weight excluding hydrogens is 248 g/mol. The van der Waals surface area contributed by atoms with E-state index in [4.69, 9.17) is 5.73 Å². The third-order valence-corrected chi connectivity index (χ3v) is 4.23. The van der Waals surface area contributed by atoms with Gasteiger partial charge >= 0.3 is 0 Å². The molecule has 0 aliphatic heterocycles. The van der Waals surface area contributed by atoms with Crippen LogP contribution in [0.25, 0.3) is 10.2 Å². The quantitative estimate of drug-likeness (QED) is 0.900. The molecule has 0 atom stereocenters. The zero-order valence-electron chi connectivity index (χ0n) is 10.9. The maximum Gasteiger partial charge on any atom is 0.265 e. The van der Waals surface area contributed by atoms with Gasteiger partial charge < -0.3 is 10.6 Å². The number of amides is 1. The number of nitrogens with zero attached hydrogens (tertiary/aromatic N) is 3. The summed E-state index contributed by atoms with van der Waals surface area (Å²) >= 11 is 1.31. The first kappa shape index (κ1) is 12.8. The molecule has 2 N–H and O–H groups in total. The summed E-state index contributed by atoms with van der Waals surface area (Å²) in [4.78, 5) is 15.1. The van der Waals surface area contributed by atoms with Crippen molar-refractivity contribution < 1.29 is 4.79 Å². The van der Waals surface area contributed by atoms with Gasteiger partial charge in [0.05, 0.1) is 11.4 Å². The molecule has 0 aliphatic carbocycles. The molecule has 1 amide bonds. The molecule has 0 aliphatic rings. The minimum atomic E-state index is -0.0601. The number of carbonyl (C=O) groups excluding carboxylic acids is 1. The predicted octanol–water partition coefficient (Wildman–Crippen LogP) is 1.98. The highest BCUT2D eigenvalue weighted by atomic mass is 32.1. The number of hydrogen-bond donors (Lipinski definition) is 1. The topological polar surface area (TPSA) is 72.1 Å². The van der Waals surface area contributed by atoms with Gasteiger partial charge in [-0.05, 0) is 26.3 Å². The fourth-order valence-corrected chi connectivity index (χ4v) is 2.81. The second kappa shape index (κ2) is 4.53. The van der Waals surface area contributed by atoms with E-state index in [-0.39, 0.29) is 5.91 Å². The third kappa shape index (κ3) is 1.82. The molecule has 2 rings (SSSR count). The van der Waals surface area contributed by atoms with E-state index in [0.717, 1.165) is 21.5 Å². The van der Waals surface area contributed by atoms with Crippen LogP contribution in [0.15, 0.2) is 0 Å². The van der Waals surface area contributed by atoms with Crippen molar-refractivity contribution in [2.75, 3.05) is 19.3 Å². The van der Waals surface area contributed by atoms with E-state index in [1.54, 1.807) is 11.9 Å². The van der Waals surface area contributed by atoms with E-state index < -0.39 is 0 Å². The number of fused-ring (bicyclic) bond motifs is 1. The Morgan fingerprint density at radius 3 is 2.67 bits per heavy atom. The van der Waals surface area contributed by atoms with Gasteiger partial charge in [-0.15, -0.1) is 16.4 Å². The first-order valence-electron chi connectivity index (χ1n) is 5.74. The van der Waals surface area contributed by atoms with Crippen molar-refractivity contribution in [3.8, 4) is 0 Å². The number of aromatic nitrogens is 2. The number of anilines is 1. The lowest BCUT2D eigenvalue weighted by Crippen LogP contribution is -2.26. The minimum Gasteiger partial charge on any atom is -0.397 e. The van der Waals surface area contributed by atoms with Crippen LogP contribution in [0.1, 0.15) is 27.9 Å². The molecular formula is C12H16N4OS. The minimum absolute atomic E-state index is 0.0601. The highest BCUT2D eigenvalue weighted by molar-refractivity contribution is 7.21. The smallest absolute Gasteiger partial charge is 0.265 e. The molecule has 5 nitrogen and oxygen atoms in total. The second-order valence-corrected chi connectivity index (χ2v) is 5.25. The molecule has 2 heterocycles. The first-order chi connectivity index (χ1) is 8.47. The lowest BCUT2D eigenvalue weighted by atomic mass is 10.1. The molecule has 0 fully saturated rings. The van der Waals surface area contributed by atoms with Crippen LogP contribution in [0.3, 0.4) is 0 Å². The number of hydrogen-bond acceptors (Lipinski definition) is 5. The lowest BCUT2D eigenvalue weighted by Gasteiger charge is -2.13. The average molecular weight is 264 g/mol. The molecule has 0 spiro atoms. The van der Waals surface area contributed by atoms with Crippen LogP contribution in [-0.2, 0) is 0 Å². The van der Waals surface area contributed by atoms with E-state index in [2.05, 4.69) is 10.2 Å². The van der Waals surface area contributed by atoms with Crippen LogP contribution in [0, 0.1) is 13.8 Å². The molecule has 2 aromatic rings. The fraction of sp³-hybridized carbons (Fsp3) is 0.417. The summed E-state index contributed by atoms with van der Waals surface area (Å²) in [6.45, 7) is 6.42. The summed E-state index contributed by atoms with van der Waals surface area (Å²) in [7, 11) is 1.76. The van der Waals surface area contributed by atoms with Crippen molar-refractivity contribution >= 4 is 33.1 Å². The summed E-state index contributed by atoms with van der Waals surface area (Å²) in [5.41, 5.74) is 8.46. The summed E-state index contributed by atoms with van der Waals surface area (Å²) in [6.07, 6.45) is 0. The monoisotopic (exact) mass is 264 g/mol. The van der Waals surface area contributed by atoms with Crippen LogP contribution >= 0.6 is 11.3 Å². The van der Waals surface area contributed by atoms with Crippen molar-refractivity contribution in [2.24, 2.45) is 0 Å². The highest BCUT2D eigenvalue weighted by Gasteiger charge is 2.21. The molecule has 96 valence electrons. The Morgan fingerprint density at radius 2 is 2.06 bits per heavy atom. The Hall–Kier alpha value is -1.69. The average Bonchev–Trinajstić information content (AvgIpc) is 2.70. The van der Waals surface area contributed by atoms with Gasteiger partial charge in [-0.2, -0.15) is 5.10 Å². The summed E-state index contributed by atoms with van der Waals surface area (Å²) < 4.78 is 0. The summed E-state index contributed by atoms with van der Waals surface area (Å²) in [5.74, 6) is -0.0601. The molecule has 2 aromatic heterocycles. The number of nitrogens with two attached hydrogens (primary N) is 1. The summed E-state index contributed by atoms with van der Waals surface area (Å²) in [5, 5.41) is 9.04. The molecule has 0 unspecified atom stereocenters. The normalized spacial score (nSPS) is 10.9. The van der Waals surface area contributed by atoms with Crippen LogP contribution in [0.2, 0.25) is 0 Å². The highest BCUT2D eigenvalue weighted by Crippen LogP contribution is 2.35. The molecule has 18 heavy (non-hydrogen) atoms. The first-order valence-corrected chi connectivity index (χ1v) is 6.56. The van der Waals surface area contributed by atoms with Crippen LogP contribution in [0.4, 0.5) is 5.69 Å². The molecule has 0 aromatic carbocycles.